The van der Waals surface area contributed by atoms with Crippen molar-refractivity contribution in [2.75, 3.05) is 19.5 Å². The number of aromatic nitrogens is 2. The van der Waals surface area contributed by atoms with Gasteiger partial charge in [0.15, 0.2) is 11.5 Å². The van der Waals surface area contributed by atoms with E-state index in [1.807, 2.05) is 24.3 Å². The van der Waals surface area contributed by atoms with Crippen LogP contribution in [-0.2, 0) is 19.4 Å². The number of ether oxygens (including phenoxy) is 2. The molecule has 0 unspecified atom stereocenters. The first-order valence-corrected chi connectivity index (χ1v) is 10.3. The maximum atomic E-state index is 13.0. The molecule has 0 spiro atoms. The van der Waals surface area contributed by atoms with Crippen LogP contribution in [0.25, 0.3) is 11.0 Å². The quantitative estimate of drug-likeness (QED) is 0.601. The average molecular weight is 405 g/mol. The Morgan fingerprint density at radius 1 is 1.20 bits per heavy atom. The van der Waals surface area contributed by atoms with Crippen LogP contribution in [-0.4, -0.2) is 29.7 Å². The Morgan fingerprint density at radius 3 is 2.83 bits per heavy atom. The number of hydrogen-bond donors (Lipinski definition) is 1. The molecular formula is C24H27N3O3. The molecule has 4 rings (SSSR count). The molecule has 0 saturated carbocycles. The molecule has 1 amide bonds. The van der Waals surface area contributed by atoms with Gasteiger partial charge in [-0.1, -0.05) is 12.5 Å². The molecule has 0 fully saturated rings. The first-order chi connectivity index (χ1) is 14.6. The summed E-state index contributed by atoms with van der Waals surface area (Å²) >= 11 is 0. The van der Waals surface area contributed by atoms with Gasteiger partial charge in [-0.15, -0.1) is 6.58 Å². The molecule has 0 saturated heterocycles. The van der Waals surface area contributed by atoms with Crippen molar-refractivity contribution >= 4 is 22.6 Å². The molecule has 156 valence electrons. The van der Waals surface area contributed by atoms with Crippen LogP contribution in [0.2, 0.25) is 0 Å². The Kier molecular flexibility index (Phi) is 5.74. The third-order valence-electron chi connectivity index (χ3n) is 5.55. The van der Waals surface area contributed by atoms with Crippen molar-refractivity contribution in [3.8, 4) is 11.5 Å². The molecule has 1 aliphatic rings. The van der Waals surface area contributed by atoms with E-state index < -0.39 is 0 Å². The summed E-state index contributed by atoms with van der Waals surface area (Å²) < 4.78 is 13.2. The van der Waals surface area contributed by atoms with Crippen LogP contribution in [0.5, 0.6) is 11.5 Å². The maximum Gasteiger partial charge on any atom is 0.255 e. The van der Waals surface area contributed by atoms with Gasteiger partial charge in [-0.25, -0.2) is 4.98 Å². The molecule has 6 heteroatoms. The van der Waals surface area contributed by atoms with E-state index >= 15 is 0 Å². The van der Waals surface area contributed by atoms with Gasteiger partial charge in [-0.3, -0.25) is 4.79 Å². The van der Waals surface area contributed by atoms with E-state index in [4.69, 9.17) is 14.5 Å². The molecule has 6 nitrogen and oxygen atoms in total. The fourth-order valence-electron chi connectivity index (χ4n) is 4.11. The number of methoxy groups -OCH3 is 2. The SMILES string of the molecule is C=CCc1cc(C(=O)Nc2ccc3c(c2)nc2n3CCCCC2)cc(OC)c1OC. The summed E-state index contributed by atoms with van der Waals surface area (Å²) in [5.41, 5.74) is 4.13. The fraction of sp³-hybridized carbons (Fsp3) is 0.333. The summed E-state index contributed by atoms with van der Waals surface area (Å²) in [7, 11) is 3.15. The van der Waals surface area contributed by atoms with E-state index in [9.17, 15) is 4.79 Å². The summed E-state index contributed by atoms with van der Waals surface area (Å²) in [5, 5.41) is 2.99. The van der Waals surface area contributed by atoms with Gasteiger partial charge in [0.05, 0.1) is 25.3 Å². The highest BCUT2D eigenvalue weighted by Gasteiger charge is 2.17. The Morgan fingerprint density at radius 2 is 2.07 bits per heavy atom. The summed E-state index contributed by atoms with van der Waals surface area (Å²) in [5.74, 6) is 2.08. The molecule has 30 heavy (non-hydrogen) atoms. The normalized spacial score (nSPS) is 13.4. The van der Waals surface area contributed by atoms with Crippen molar-refractivity contribution in [3.63, 3.8) is 0 Å². The number of fused-ring (bicyclic) bond motifs is 3. The van der Waals surface area contributed by atoms with Crippen molar-refractivity contribution in [1.29, 1.82) is 0 Å². The van der Waals surface area contributed by atoms with Crippen LogP contribution in [0.1, 0.15) is 41.0 Å². The first-order valence-electron chi connectivity index (χ1n) is 10.3. The number of amides is 1. The van der Waals surface area contributed by atoms with E-state index in [2.05, 4.69) is 16.5 Å². The number of imidazole rings is 1. The third kappa shape index (κ3) is 3.77. The highest BCUT2D eigenvalue weighted by Crippen LogP contribution is 2.33. The zero-order chi connectivity index (χ0) is 21.1. The largest absolute Gasteiger partial charge is 0.493 e. The number of carbonyl (C=O) groups is 1. The van der Waals surface area contributed by atoms with Crippen molar-refractivity contribution < 1.29 is 14.3 Å². The second-order valence-corrected chi connectivity index (χ2v) is 7.51. The van der Waals surface area contributed by atoms with Crippen molar-refractivity contribution in [2.24, 2.45) is 0 Å². The van der Waals surface area contributed by atoms with E-state index in [0.717, 1.165) is 41.1 Å². The Labute approximate surface area is 176 Å². The number of rotatable bonds is 6. The number of aryl methyl sites for hydroxylation is 2. The van der Waals surface area contributed by atoms with Gasteiger partial charge < -0.3 is 19.4 Å². The summed E-state index contributed by atoms with van der Waals surface area (Å²) in [6.07, 6.45) is 6.97. The van der Waals surface area contributed by atoms with Crippen LogP contribution in [0, 0.1) is 0 Å². The number of nitrogens with one attached hydrogen (secondary N) is 1. The molecule has 0 bridgehead atoms. The van der Waals surface area contributed by atoms with Gasteiger partial charge in [0, 0.05) is 29.8 Å². The molecule has 1 N–H and O–H groups in total. The molecule has 1 aromatic heterocycles. The number of allylic oxidation sites excluding steroid dienone is 1. The van der Waals surface area contributed by atoms with Gasteiger partial charge in [0.1, 0.15) is 5.82 Å². The summed E-state index contributed by atoms with van der Waals surface area (Å²) in [6, 6.07) is 9.43. The van der Waals surface area contributed by atoms with Crippen molar-refractivity contribution in [3.05, 3.63) is 59.9 Å². The lowest BCUT2D eigenvalue weighted by Gasteiger charge is -2.14. The van der Waals surface area contributed by atoms with Gasteiger partial charge in [0.2, 0.25) is 0 Å². The van der Waals surface area contributed by atoms with Gasteiger partial charge in [0.25, 0.3) is 5.91 Å². The van der Waals surface area contributed by atoms with E-state index in [-0.39, 0.29) is 5.91 Å². The first kappa shape index (κ1) is 20.0. The Hall–Kier alpha value is -3.28. The summed E-state index contributed by atoms with van der Waals surface area (Å²) in [4.78, 5) is 17.8. The van der Waals surface area contributed by atoms with Crippen molar-refractivity contribution in [2.45, 2.75) is 38.6 Å². The van der Waals surface area contributed by atoms with Gasteiger partial charge >= 0.3 is 0 Å². The van der Waals surface area contributed by atoms with Crippen LogP contribution in [0.4, 0.5) is 5.69 Å². The molecule has 2 aromatic carbocycles. The number of carbonyl (C=O) groups excluding carboxylic acids is 1. The lowest BCUT2D eigenvalue weighted by molar-refractivity contribution is 0.102. The van der Waals surface area contributed by atoms with E-state index in [0.29, 0.717) is 23.5 Å². The molecule has 3 aromatic rings. The Bertz CT molecular complexity index is 1100. The molecule has 2 heterocycles. The highest BCUT2D eigenvalue weighted by atomic mass is 16.5. The number of benzene rings is 2. The van der Waals surface area contributed by atoms with E-state index in [1.165, 1.54) is 19.3 Å². The highest BCUT2D eigenvalue weighted by molar-refractivity contribution is 6.05. The van der Waals surface area contributed by atoms with Gasteiger partial charge in [-0.2, -0.15) is 0 Å². The zero-order valence-electron chi connectivity index (χ0n) is 17.5. The van der Waals surface area contributed by atoms with Crippen LogP contribution < -0.4 is 14.8 Å². The predicted molar refractivity (Wildman–Crippen MR) is 119 cm³/mol. The minimum Gasteiger partial charge on any atom is -0.493 e. The average Bonchev–Trinajstić information content (AvgIpc) is 2.92. The second kappa shape index (κ2) is 8.61. The number of nitrogens with zero attached hydrogens (tertiary/aromatic N) is 2. The van der Waals surface area contributed by atoms with Crippen LogP contribution >= 0.6 is 0 Å². The second-order valence-electron chi connectivity index (χ2n) is 7.51. The fourth-order valence-corrected chi connectivity index (χ4v) is 4.11. The lowest BCUT2D eigenvalue weighted by Crippen LogP contribution is -2.13. The molecule has 0 radical (unpaired) electrons. The molecule has 0 atom stereocenters. The Balaban J connectivity index is 1.62. The maximum absolute atomic E-state index is 13.0. The van der Waals surface area contributed by atoms with E-state index in [1.54, 1.807) is 26.4 Å². The van der Waals surface area contributed by atoms with Crippen LogP contribution in [0.3, 0.4) is 0 Å². The molecule has 0 aliphatic carbocycles. The van der Waals surface area contributed by atoms with Gasteiger partial charge in [-0.05, 0) is 49.6 Å². The van der Waals surface area contributed by atoms with Crippen LogP contribution in [0.15, 0.2) is 43.0 Å². The minimum absolute atomic E-state index is 0.207. The number of anilines is 1. The smallest absolute Gasteiger partial charge is 0.255 e. The minimum atomic E-state index is -0.207. The summed E-state index contributed by atoms with van der Waals surface area (Å²) in [6.45, 7) is 4.79. The molecule has 1 aliphatic heterocycles. The zero-order valence-corrected chi connectivity index (χ0v) is 17.5. The standard InChI is InChI=1S/C24H27N3O3/c1-4-8-16-13-17(14-21(29-2)23(16)30-3)24(28)25-18-10-11-20-19(15-18)26-22-9-6-5-7-12-27(20)22/h4,10-11,13-15H,1,5-9,12H2,2-3H3,(H,25,28). The predicted octanol–water partition coefficient (Wildman–Crippen LogP) is 4.76. The third-order valence-corrected chi connectivity index (χ3v) is 5.55. The lowest BCUT2D eigenvalue weighted by atomic mass is 10.0. The monoisotopic (exact) mass is 405 g/mol. The topological polar surface area (TPSA) is 65.4 Å². The van der Waals surface area contributed by atoms with Crippen molar-refractivity contribution in [1.82, 2.24) is 9.55 Å². The molecular weight excluding hydrogens is 378 g/mol. The number of hydrogen-bond acceptors (Lipinski definition) is 4.